The van der Waals surface area contributed by atoms with Crippen LogP contribution in [-0.4, -0.2) is 32.3 Å². The largest absolute Gasteiger partial charge is 0.478 e. The molecule has 2 rings (SSSR count). The Bertz CT molecular complexity index is 629. The molecule has 0 fully saturated rings. The van der Waals surface area contributed by atoms with Gasteiger partial charge < -0.3 is 15.7 Å². The van der Waals surface area contributed by atoms with Gasteiger partial charge in [-0.05, 0) is 18.2 Å². The molecule has 0 unspecified atom stereocenters. The molecule has 0 aliphatic rings. The molecule has 0 atom stereocenters. The Labute approximate surface area is 121 Å². The highest BCUT2D eigenvalue weighted by Gasteiger charge is 2.12. The number of carbonyl (C=O) groups is 2. The van der Waals surface area contributed by atoms with Gasteiger partial charge in [-0.1, -0.05) is 15.9 Å². The number of H-pyrrole nitrogens is 1. The van der Waals surface area contributed by atoms with Crippen LogP contribution in [0.15, 0.2) is 29.0 Å². The second kappa shape index (κ2) is 6.15. The average molecular weight is 340 g/mol. The standard InChI is InChI=1S/C11H10BrN5O3/c12-6-1-2-7(10(18)19)8(3-6)16-11(20)13-4-9-14-5-15-17-9/h1-3,5H,4H2,(H,18,19)(H2,13,16,20)(H,14,15,17). The summed E-state index contributed by atoms with van der Waals surface area (Å²) < 4.78 is 0.660. The van der Waals surface area contributed by atoms with E-state index in [1.807, 2.05) is 0 Å². The molecule has 0 bridgehead atoms. The van der Waals surface area contributed by atoms with E-state index in [4.69, 9.17) is 5.11 Å². The molecule has 2 amide bonds. The Kier molecular flexibility index (Phi) is 4.31. The van der Waals surface area contributed by atoms with Gasteiger partial charge >= 0.3 is 12.0 Å². The summed E-state index contributed by atoms with van der Waals surface area (Å²) in [6, 6.07) is 3.96. The second-order valence-corrected chi connectivity index (χ2v) is 4.65. The lowest BCUT2D eigenvalue weighted by atomic mass is 10.2. The number of hydrogen-bond acceptors (Lipinski definition) is 4. The highest BCUT2D eigenvalue weighted by molar-refractivity contribution is 9.10. The number of rotatable bonds is 4. The van der Waals surface area contributed by atoms with Crippen LogP contribution in [0.25, 0.3) is 0 Å². The number of halogens is 1. The summed E-state index contributed by atoms with van der Waals surface area (Å²) in [5.41, 5.74) is 0.199. The van der Waals surface area contributed by atoms with Gasteiger partial charge in [0.05, 0.1) is 17.8 Å². The van der Waals surface area contributed by atoms with Crippen LogP contribution in [0, 0.1) is 0 Å². The van der Waals surface area contributed by atoms with E-state index in [0.717, 1.165) is 0 Å². The molecule has 8 nitrogen and oxygen atoms in total. The Morgan fingerprint density at radius 3 is 2.85 bits per heavy atom. The zero-order chi connectivity index (χ0) is 14.5. The number of hydrogen-bond donors (Lipinski definition) is 4. The van der Waals surface area contributed by atoms with Gasteiger partial charge in [-0.2, -0.15) is 5.10 Å². The van der Waals surface area contributed by atoms with Crippen molar-refractivity contribution >= 4 is 33.6 Å². The van der Waals surface area contributed by atoms with Crippen molar-refractivity contribution in [3.05, 3.63) is 40.4 Å². The molecule has 20 heavy (non-hydrogen) atoms. The Morgan fingerprint density at radius 1 is 1.40 bits per heavy atom. The molecule has 0 spiro atoms. The number of benzene rings is 1. The first-order chi connectivity index (χ1) is 9.56. The third kappa shape index (κ3) is 3.54. The molecule has 0 aliphatic carbocycles. The van der Waals surface area contributed by atoms with E-state index in [9.17, 15) is 9.59 Å². The number of carboxylic acid groups (broad SMARTS) is 1. The van der Waals surface area contributed by atoms with Crippen LogP contribution in [0.5, 0.6) is 0 Å². The van der Waals surface area contributed by atoms with Gasteiger partial charge in [0.25, 0.3) is 0 Å². The number of carbonyl (C=O) groups excluding carboxylic acids is 1. The summed E-state index contributed by atoms with van der Waals surface area (Å²) in [6.07, 6.45) is 1.33. The van der Waals surface area contributed by atoms with Crippen molar-refractivity contribution in [3.8, 4) is 0 Å². The Balaban J connectivity index is 2.03. The molecule has 0 saturated carbocycles. The van der Waals surface area contributed by atoms with Crippen molar-refractivity contribution in [3.63, 3.8) is 0 Å². The SMILES string of the molecule is O=C(NCc1ncn[nH]1)Nc1cc(Br)ccc1C(=O)O. The first-order valence-corrected chi connectivity index (χ1v) is 6.27. The van der Waals surface area contributed by atoms with Gasteiger partial charge in [-0.15, -0.1) is 0 Å². The van der Waals surface area contributed by atoms with Crippen molar-refractivity contribution in [2.24, 2.45) is 0 Å². The number of aromatic carboxylic acids is 1. The maximum absolute atomic E-state index is 11.7. The number of nitrogens with zero attached hydrogens (tertiary/aromatic N) is 2. The van der Waals surface area contributed by atoms with E-state index in [0.29, 0.717) is 10.3 Å². The fraction of sp³-hybridized carbons (Fsp3) is 0.0909. The third-order valence-electron chi connectivity index (χ3n) is 2.34. The van der Waals surface area contributed by atoms with E-state index in [1.165, 1.54) is 18.5 Å². The van der Waals surface area contributed by atoms with Crippen LogP contribution >= 0.6 is 15.9 Å². The van der Waals surface area contributed by atoms with Gasteiger partial charge in [-0.3, -0.25) is 5.10 Å². The van der Waals surface area contributed by atoms with Crippen LogP contribution in [0.3, 0.4) is 0 Å². The van der Waals surface area contributed by atoms with E-state index in [2.05, 4.69) is 41.7 Å². The third-order valence-corrected chi connectivity index (χ3v) is 2.83. The van der Waals surface area contributed by atoms with Gasteiger partial charge in [0.15, 0.2) is 0 Å². The molecule has 1 heterocycles. The fourth-order valence-corrected chi connectivity index (χ4v) is 1.81. The van der Waals surface area contributed by atoms with E-state index in [1.54, 1.807) is 6.07 Å². The summed E-state index contributed by atoms with van der Waals surface area (Å²) in [7, 11) is 0. The molecule has 2 aromatic rings. The molecule has 4 N–H and O–H groups in total. The van der Waals surface area contributed by atoms with Gasteiger partial charge in [0, 0.05) is 4.47 Å². The topological polar surface area (TPSA) is 120 Å². The van der Waals surface area contributed by atoms with Crippen molar-refractivity contribution < 1.29 is 14.7 Å². The molecule has 0 saturated heterocycles. The lowest BCUT2D eigenvalue weighted by Gasteiger charge is -2.09. The van der Waals surface area contributed by atoms with Crippen molar-refractivity contribution in [2.75, 3.05) is 5.32 Å². The summed E-state index contributed by atoms with van der Waals surface area (Å²) in [4.78, 5) is 26.6. The minimum absolute atomic E-state index is 0.00279. The predicted octanol–water partition coefficient (Wildman–Crippen LogP) is 1.59. The first-order valence-electron chi connectivity index (χ1n) is 5.48. The predicted molar refractivity (Wildman–Crippen MR) is 73.3 cm³/mol. The highest BCUT2D eigenvalue weighted by Crippen LogP contribution is 2.21. The smallest absolute Gasteiger partial charge is 0.337 e. The first kappa shape index (κ1) is 14.0. The van der Waals surface area contributed by atoms with Gasteiger partial charge in [0.2, 0.25) is 0 Å². The molecule has 9 heteroatoms. The minimum Gasteiger partial charge on any atom is -0.478 e. The summed E-state index contributed by atoms with van der Waals surface area (Å²) in [5.74, 6) is -0.629. The van der Waals surface area contributed by atoms with Crippen LogP contribution in [0.4, 0.5) is 10.5 Å². The molecule has 0 radical (unpaired) electrons. The van der Waals surface area contributed by atoms with Gasteiger partial charge in [-0.25, -0.2) is 14.6 Å². The lowest BCUT2D eigenvalue weighted by molar-refractivity contribution is 0.0698. The van der Waals surface area contributed by atoms with Crippen LogP contribution < -0.4 is 10.6 Å². The minimum atomic E-state index is -1.12. The second-order valence-electron chi connectivity index (χ2n) is 3.73. The van der Waals surface area contributed by atoms with Crippen molar-refractivity contribution in [2.45, 2.75) is 6.54 Å². The number of aromatic amines is 1. The number of aromatic nitrogens is 3. The molecule has 104 valence electrons. The number of urea groups is 1. The van der Waals surface area contributed by atoms with Crippen molar-refractivity contribution in [1.29, 1.82) is 0 Å². The number of carboxylic acids is 1. The molecule has 0 aliphatic heterocycles. The van der Waals surface area contributed by atoms with Crippen LogP contribution in [0.1, 0.15) is 16.2 Å². The average Bonchev–Trinajstić information content (AvgIpc) is 2.89. The maximum atomic E-state index is 11.7. The van der Waals surface area contributed by atoms with Crippen molar-refractivity contribution in [1.82, 2.24) is 20.5 Å². The normalized spacial score (nSPS) is 10.1. The van der Waals surface area contributed by atoms with Gasteiger partial charge in [0.1, 0.15) is 12.2 Å². The maximum Gasteiger partial charge on any atom is 0.337 e. The summed E-state index contributed by atoms with van der Waals surface area (Å²) >= 11 is 3.22. The Morgan fingerprint density at radius 2 is 2.20 bits per heavy atom. The number of amides is 2. The number of anilines is 1. The summed E-state index contributed by atoms with van der Waals surface area (Å²) in [6.45, 7) is 0.155. The monoisotopic (exact) mass is 339 g/mol. The number of nitrogens with one attached hydrogen (secondary N) is 3. The summed E-state index contributed by atoms with van der Waals surface area (Å²) in [5, 5.41) is 20.3. The molecule has 1 aromatic carbocycles. The highest BCUT2D eigenvalue weighted by atomic mass is 79.9. The quantitative estimate of drug-likeness (QED) is 0.674. The van der Waals surface area contributed by atoms with Crippen LogP contribution in [0.2, 0.25) is 0 Å². The lowest BCUT2D eigenvalue weighted by Crippen LogP contribution is -2.29. The van der Waals surface area contributed by atoms with E-state index < -0.39 is 12.0 Å². The van der Waals surface area contributed by atoms with Crippen LogP contribution in [-0.2, 0) is 6.54 Å². The molecule has 1 aromatic heterocycles. The Hall–Kier alpha value is -2.42. The van der Waals surface area contributed by atoms with E-state index >= 15 is 0 Å². The molecular weight excluding hydrogens is 330 g/mol. The zero-order valence-electron chi connectivity index (χ0n) is 10.1. The fourth-order valence-electron chi connectivity index (χ4n) is 1.45. The van der Waals surface area contributed by atoms with E-state index in [-0.39, 0.29) is 17.8 Å². The zero-order valence-corrected chi connectivity index (χ0v) is 11.6. The molecular formula is C11H10BrN5O3.